The lowest BCUT2D eigenvalue weighted by Crippen LogP contribution is -2.29. The molecule has 1 saturated heterocycles. The van der Waals surface area contributed by atoms with Crippen LogP contribution in [0.2, 0.25) is 0 Å². The molecule has 4 nitrogen and oxygen atoms in total. The van der Waals surface area contributed by atoms with Gasteiger partial charge >= 0.3 is 0 Å². The van der Waals surface area contributed by atoms with Gasteiger partial charge in [0.25, 0.3) is 0 Å². The highest BCUT2D eigenvalue weighted by atomic mass is 15.0. The van der Waals surface area contributed by atoms with Gasteiger partial charge in [0.2, 0.25) is 0 Å². The molecule has 0 bridgehead atoms. The Morgan fingerprint density at radius 2 is 1.53 bits per heavy atom. The number of nitrogens with zero attached hydrogens (tertiary/aromatic N) is 2. The zero-order chi connectivity index (χ0) is 26.3. The van der Waals surface area contributed by atoms with E-state index < -0.39 is 0 Å². The number of rotatable bonds is 4. The zero-order valence-corrected chi connectivity index (χ0v) is 23.1. The van der Waals surface area contributed by atoms with E-state index >= 15 is 0 Å². The molecule has 3 aromatic rings. The second-order valence-corrected chi connectivity index (χ2v) is 12.9. The molecule has 4 heteroatoms. The van der Waals surface area contributed by atoms with Crippen molar-refractivity contribution < 1.29 is 0 Å². The lowest BCUT2D eigenvalue weighted by atomic mass is 9.88. The average molecular weight is 503 g/mol. The number of allylic oxidation sites excluding steroid dienone is 1. The predicted molar refractivity (Wildman–Crippen MR) is 157 cm³/mol. The molecule has 0 radical (unpaired) electrons. The van der Waals surface area contributed by atoms with Gasteiger partial charge in [-0.2, -0.15) is 0 Å². The highest BCUT2D eigenvalue weighted by molar-refractivity contribution is 6.01. The monoisotopic (exact) mass is 502 g/mol. The van der Waals surface area contributed by atoms with Gasteiger partial charge in [-0.3, -0.25) is 4.99 Å². The van der Waals surface area contributed by atoms with E-state index in [2.05, 4.69) is 98.4 Å². The van der Waals surface area contributed by atoms with Crippen molar-refractivity contribution >= 4 is 11.3 Å². The molecule has 194 valence electrons. The molecule has 0 spiro atoms. The molecule has 3 aliphatic rings. The third-order valence-electron chi connectivity index (χ3n) is 8.50. The van der Waals surface area contributed by atoms with E-state index in [1.165, 1.54) is 36.1 Å². The Kier molecular flexibility index (Phi) is 6.36. The van der Waals surface area contributed by atoms with Crippen LogP contribution in [-0.4, -0.2) is 28.3 Å². The van der Waals surface area contributed by atoms with Crippen LogP contribution in [0.3, 0.4) is 0 Å². The first kappa shape index (κ1) is 24.9. The number of hydrogen-bond donors (Lipinski definition) is 2. The fourth-order valence-corrected chi connectivity index (χ4v) is 6.17. The van der Waals surface area contributed by atoms with Gasteiger partial charge in [0.05, 0.1) is 11.9 Å². The number of benzene rings is 2. The molecule has 3 heterocycles. The molecule has 2 fully saturated rings. The van der Waals surface area contributed by atoms with Gasteiger partial charge in [0.1, 0.15) is 5.82 Å². The summed E-state index contributed by atoms with van der Waals surface area (Å²) in [4.78, 5) is 13.0. The standard InChI is InChI=1S/C34H38N4/c1-33(2)16-15-27(18-33)32-36-21-31(38-32)26-13-9-24(10-14-26)6-5-23-7-11-25(12-8-23)28-17-29(35-20-28)30-19-34(3,4)22-37-30/h7-14,20-21,27,30,37H,15-19,22H2,1-4H3,(H,36,38)/t27-,30-/m0/s1. The largest absolute Gasteiger partial charge is 0.342 e. The van der Waals surface area contributed by atoms with Crippen LogP contribution in [0.5, 0.6) is 0 Å². The molecule has 38 heavy (non-hydrogen) atoms. The van der Waals surface area contributed by atoms with Crippen molar-refractivity contribution in [1.82, 2.24) is 15.3 Å². The van der Waals surface area contributed by atoms with Crippen molar-refractivity contribution in [2.45, 2.75) is 71.8 Å². The first-order chi connectivity index (χ1) is 18.2. The molecule has 2 atom stereocenters. The van der Waals surface area contributed by atoms with E-state index in [9.17, 15) is 0 Å². The van der Waals surface area contributed by atoms with E-state index in [0.29, 0.717) is 22.8 Å². The summed E-state index contributed by atoms with van der Waals surface area (Å²) in [6.45, 7) is 10.4. The Hall–Kier alpha value is -3.42. The van der Waals surface area contributed by atoms with Gasteiger partial charge in [-0.25, -0.2) is 4.98 Å². The van der Waals surface area contributed by atoms with E-state index in [-0.39, 0.29) is 0 Å². The highest BCUT2D eigenvalue weighted by Gasteiger charge is 2.34. The third kappa shape index (κ3) is 5.40. The second kappa shape index (κ2) is 9.71. The molecule has 1 aromatic heterocycles. The maximum Gasteiger partial charge on any atom is 0.109 e. The molecule has 2 N–H and O–H groups in total. The summed E-state index contributed by atoms with van der Waals surface area (Å²) in [6.07, 6.45) is 9.81. The summed E-state index contributed by atoms with van der Waals surface area (Å²) in [5, 5.41) is 3.64. The molecular weight excluding hydrogens is 464 g/mol. The number of nitrogens with one attached hydrogen (secondary N) is 2. The lowest BCUT2D eigenvalue weighted by molar-refractivity contribution is 0.374. The number of aliphatic imine (C=N–C) groups is 1. The minimum Gasteiger partial charge on any atom is -0.342 e. The lowest BCUT2D eigenvalue weighted by Gasteiger charge is -2.16. The number of aromatic nitrogens is 2. The second-order valence-electron chi connectivity index (χ2n) is 12.9. The minimum atomic E-state index is 0.353. The Labute approximate surface area is 227 Å². The van der Waals surface area contributed by atoms with Gasteiger partial charge in [-0.05, 0) is 77.5 Å². The summed E-state index contributed by atoms with van der Waals surface area (Å²) >= 11 is 0. The van der Waals surface area contributed by atoms with E-state index in [1.54, 1.807) is 0 Å². The third-order valence-corrected chi connectivity index (χ3v) is 8.50. The smallest absolute Gasteiger partial charge is 0.109 e. The van der Waals surface area contributed by atoms with Crippen LogP contribution >= 0.6 is 0 Å². The fourth-order valence-electron chi connectivity index (χ4n) is 6.17. The van der Waals surface area contributed by atoms with Crippen LogP contribution in [0, 0.1) is 22.7 Å². The van der Waals surface area contributed by atoms with Crippen LogP contribution in [0.4, 0.5) is 0 Å². The molecule has 2 aromatic carbocycles. The first-order valence-corrected chi connectivity index (χ1v) is 14.0. The number of aromatic amines is 1. The zero-order valence-electron chi connectivity index (χ0n) is 23.1. The van der Waals surface area contributed by atoms with Crippen molar-refractivity contribution in [3.05, 3.63) is 83.4 Å². The van der Waals surface area contributed by atoms with Crippen molar-refractivity contribution in [2.24, 2.45) is 15.8 Å². The van der Waals surface area contributed by atoms with Crippen molar-refractivity contribution in [2.75, 3.05) is 6.54 Å². The van der Waals surface area contributed by atoms with Crippen LogP contribution in [0.15, 0.2) is 65.9 Å². The Morgan fingerprint density at radius 1 is 0.842 bits per heavy atom. The molecule has 1 aliphatic carbocycles. The fraction of sp³-hybridized carbons (Fsp3) is 0.412. The Balaban J connectivity index is 1.06. The van der Waals surface area contributed by atoms with Gasteiger partial charge in [-0.1, -0.05) is 63.8 Å². The van der Waals surface area contributed by atoms with E-state index in [0.717, 1.165) is 47.6 Å². The summed E-state index contributed by atoms with van der Waals surface area (Å²) in [5.74, 6) is 8.32. The average Bonchev–Trinajstić information content (AvgIpc) is 3.70. The highest BCUT2D eigenvalue weighted by Crippen LogP contribution is 2.45. The molecular formula is C34H38N4. The number of imidazole rings is 1. The van der Waals surface area contributed by atoms with Gasteiger partial charge < -0.3 is 10.3 Å². The normalized spacial score (nSPS) is 23.6. The van der Waals surface area contributed by atoms with Crippen molar-refractivity contribution in [3.63, 3.8) is 0 Å². The van der Waals surface area contributed by atoms with E-state index in [4.69, 9.17) is 9.98 Å². The summed E-state index contributed by atoms with van der Waals surface area (Å²) in [5.41, 5.74) is 8.84. The van der Waals surface area contributed by atoms with Crippen molar-refractivity contribution in [3.8, 4) is 23.1 Å². The summed E-state index contributed by atoms with van der Waals surface area (Å²) < 4.78 is 0. The van der Waals surface area contributed by atoms with Gasteiger partial charge in [-0.15, -0.1) is 0 Å². The summed E-state index contributed by atoms with van der Waals surface area (Å²) in [6, 6.07) is 17.4. The molecule has 2 aliphatic heterocycles. The Morgan fingerprint density at radius 3 is 2.13 bits per heavy atom. The molecule has 0 amide bonds. The Bertz CT molecular complexity index is 1440. The van der Waals surface area contributed by atoms with Crippen LogP contribution in [-0.2, 0) is 0 Å². The van der Waals surface area contributed by atoms with Crippen LogP contribution in [0.25, 0.3) is 16.8 Å². The predicted octanol–water partition coefficient (Wildman–Crippen LogP) is 7.34. The maximum atomic E-state index is 4.75. The quantitative estimate of drug-likeness (QED) is 0.367. The summed E-state index contributed by atoms with van der Waals surface area (Å²) in [7, 11) is 0. The van der Waals surface area contributed by atoms with E-state index in [1.807, 2.05) is 12.4 Å². The number of hydrogen-bond acceptors (Lipinski definition) is 3. The molecule has 6 rings (SSSR count). The van der Waals surface area contributed by atoms with Gasteiger partial charge in [0.15, 0.2) is 0 Å². The van der Waals surface area contributed by atoms with Gasteiger partial charge in [0, 0.05) is 48.0 Å². The first-order valence-electron chi connectivity index (χ1n) is 14.0. The van der Waals surface area contributed by atoms with Crippen molar-refractivity contribution in [1.29, 1.82) is 0 Å². The minimum absolute atomic E-state index is 0.353. The molecule has 1 saturated carbocycles. The number of H-pyrrole nitrogens is 1. The van der Waals surface area contributed by atoms with Crippen LogP contribution in [0.1, 0.15) is 88.2 Å². The topological polar surface area (TPSA) is 53.1 Å². The maximum absolute atomic E-state index is 4.75. The molecule has 0 unspecified atom stereocenters. The SMILES string of the molecule is CC1(C)CC[C@H](c2ncc(-c3ccc(C#Cc4ccc(C5=CN=C([C@@H]6CC(C)(C)CN6)C5)cc4)cc3)[nH]2)C1. The van der Waals surface area contributed by atoms with Crippen LogP contribution < -0.4 is 5.32 Å².